The van der Waals surface area contributed by atoms with Gasteiger partial charge in [0.25, 0.3) is 0 Å². The maximum absolute atomic E-state index is 12.4. The van der Waals surface area contributed by atoms with Gasteiger partial charge in [0, 0.05) is 9.90 Å². The minimum Gasteiger partial charge on any atom is -0.465 e. The number of thiophene rings is 1. The highest BCUT2D eigenvalue weighted by Crippen LogP contribution is 2.39. The first-order chi connectivity index (χ1) is 14.9. The number of anilines is 2. The van der Waals surface area contributed by atoms with E-state index in [0.717, 1.165) is 52.5 Å². The smallest absolute Gasteiger partial charge is 0.341 e. The van der Waals surface area contributed by atoms with Gasteiger partial charge in [-0.05, 0) is 68.6 Å². The van der Waals surface area contributed by atoms with Gasteiger partial charge in [0.2, 0.25) is 0 Å². The quantitative estimate of drug-likeness (QED) is 0.384. The Morgan fingerprint density at radius 1 is 1.26 bits per heavy atom. The first kappa shape index (κ1) is 21.8. The zero-order valence-electron chi connectivity index (χ0n) is 17.5. The lowest BCUT2D eigenvalue weighted by molar-refractivity contribution is 0.0601. The summed E-state index contributed by atoms with van der Waals surface area (Å²) in [5, 5.41) is 13.0. The number of aromatic nitrogens is 2. The van der Waals surface area contributed by atoms with E-state index >= 15 is 0 Å². The Morgan fingerprint density at radius 2 is 2.00 bits per heavy atom. The number of ether oxygens (including phenoxy) is 1. The molecule has 2 aromatic heterocycles. The van der Waals surface area contributed by atoms with Crippen molar-refractivity contribution >= 4 is 56.9 Å². The van der Waals surface area contributed by atoms with E-state index in [9.17, 15) is 4.79 Å². The summed E-state index contributed by atoms with van der Waals surface area (Å²) >= 11 is 13.1. The zero-order chi connectivity index (χ0) is 22.1. The molecule has 1 aliphatic carbocycles. The zero-order valence-corrected chi connectivity index (χ0v) is 19.9. The number of methoxy groups -OCH3 is 1. The molecule has 162 valence electrons. The third-order valence-electron chi connectivity index (χ3n) is 5.40. The van der Waals surface area contributed by atoms with Crippen molar-refractivity contribution in [3.05, 3.63) is 62.2 Å². The van der Waals surface area contributed by atoms with Crippen molar-refractivity contribution < 1.29 is 9.53 Å². The summed E-state index contributed by atoms with van der Waals surface area (Å²) in [6.07, 6.45) is 2.95. The third kappa shape index (κ3) is 4.46. The van der Waals surface area contributed by atoms with E-state index in [4.69, 9.17) is 28.6 Å². The van der Waals surface area contributed by atoms with Crippen LogP contribution in [0.5, 0.6) is 0 Å². The molecule has 0 aliphatic heterocycles. The summed E-state index contributed by atoms with van der Waals surface area (Å²) in [6, 6.07) is 7.72. The lowest BCUT2D eigenvalue weighted by Gasteiger charge is -2.12. The fourth-order valence-electron chi connectivity index (χ4n) is 3.85. The number of fused-ring (bicyclic) bond motifs is 1. The van der Waals surface area contributed by atoms with E-state index in [0.29, 0.717) is 22.2 Å². The van der Waals surface area contributed by atoms with Gasteiger partial charge >= 0.3 is 5.97 Å². The molecule has 9 heteroatoms. The number of halogens is 1. The number of aryl methyl sites for hydroxylation is 2. The maximum atomic E-state index is 12.4. The standard InChI is InChI=1S/C22H23ClN4O2S2/c1-12-19(13(2)27(26-12)11-14-7-9-15(23)10-8-14)24-22(30)25-20-18(21(28)29-3)16-5-4-6-17(16)31-20/h7-10H,4-6,11H2,1-3H3,(H2,24,25,30). The van der Waals surface area contributed by atoms with Gasteiger partial charge in [0.1, 0.15) is 5.00 Å². The maximum Gasteiger partial charge on any atom is 0.341 e. The Labute approximate surface area is 195 Å². The van der Waals surface area contributed by atoms with E-state index in [1.54, 1.807) is 11.3 Å². The highest BCUT2D eigenvalue weighted by Gasteiger charge is 2.27. The molecular weight excluding hydrogens is 452 g/mol. The minimum absolute atomic E-state index is 0.326. The van der Waals surface area contributed by atoms with Gasteiger partial charge in [-0.25, -0.2) is 4.79 Å². The number of carbonyl (C=O) groups excluding carboxylic acids is 1. The number of hydrogen-bond donors (Lipinski definition) is 2. The number of carbonyl (C=O) groups is 1. The van der Waals surface area contributed by atoms with Crippen LogP contribution in [-0.2, 0) is 24.1 Å². The molecule has 31 heavy (non-hydrogen) atoms. The second kappa shape index (κ2) is 8.98. The van der Waals surface area contributed by atoms with E-state index in [-0.39, 0.29) is 5.97 Å². The van der Waals surface area contributed by atoms with Crippen LogP contribution in [0.25, 0.3) is 0 Å². The average Bonchev–Trinajstić information content (AvgIpc) is 3.39. The van der Waals surface area contributed by atoms with Crippen LogP contribution < -0.4 is 10.6 Å². The van der Waals surface area contributed by atoms with Crippen molar-refractivity contribution in [2.45, 2.75) is 39.7 Å². The van der Waals surface area contributed by atoms with Crippen LogP contribution >= 0.6 is 35.2 Å². The first-order valence-corrected chi connectivity index (χ1v) is 11.6. The van der Waals surface area contributed by atoms with Gasteiger partial charge in [-0.15, -0.1) is 11.3 Å². The van der Waals surface area contributed by atoms with Crippen LogP contribution in [-0.4, -0.2) is 28.0 Å². The molecule has 0 radical (unpaired) electrons. The molecule has 2 N–H and O–H groups in total. The van der Waals surface area contributed by atoms with Gasteiger partial charge in [-0.1, -0.05) is 23.7 Å². The lowest BCUT2D eigenvalue weighted by atomic mass is 10.1. The lowest BCUT2D eigenvalue weighted by Crippen LogP contribution is -2.21. The van der Waals surface area contributed by atoms with E-state index < -0.39 is 0 Å². The van der Waals surface area contributed by atoms with Crippen molar-refractivity contribution in [1.29, 1.82) is 0 Å². The number of nitrogens with one attached hydrogen (secondary N) is 2. The van der Waals surface area contributed by atoms with Crippen molar-refractivity contribution in [3.63, 3.8) is 0 Å². The summed E-state index contributed by atoms with van der Waals surface area (Å²) in [6.45, 7) is 4.58. The van der Waals surface area contributed by atoms with Crippen LogP contribution in [0, 0.1) is 13.8 Å². The van der Waals surface area contributed by atoms with Crippen LogP contribution in [0.15, 0.2) is 24.3 Å². The van der Waals surface area contributed by atoms with Gasteiger partial charge < -0.3 is 15.4 Å². The summed E-state index contributed by atoms with van der Waals surface area (Å²) < 4.78 is 6.94. The second-order valence-electron chi connectivity index (χ2n) is 7.46. The van der Waals surface area contributed by atoms with Crippen molar-refractivity contribution in [1.82, 2.24) is 9.78 Å². The molecule has 0 unspecified atom stereocenters. The van der Waals surface area contributed by atoms with Crippen LogP contribution in [0.3, 0.4) is 0 Å². The number of benzene rings is 1. The highest BCUT2D eigenvalue weighted by molar-refractivity contribution is 7.80. The average molecular weight is 475 g/mol. The van der Waals surface area contributed by atoms with Crippen LogP contribution in [0.2, 0.25) is 5.02 Å². The van der Waals surface area contributed by atoms with Crippen LogP contribution in [0.1, 0.15) is 44.2 Å². The van der Waals surface area contributed by atoms with Gasteiger partial charge in [-0.2, -0.15) is 5.10 Å². The first-order valence-electron chi connectivity index (χ1n) is 9.96. The molecule has 0 amide bonds. The van der Waals surface area contributed by atoms with Crippen molar-refractivity contribution in [2.75, 3.05) is 17.7 Å². The molecule has 1 aliphatic rings. The Bertz CT molecular complexity index is 1150. The molecule has 0 fully saturated rings. The molecule has 6 nitrogen and oxygen atoms in total. The summed E-state index contributed by atoms with van der Waals surface area (Å²) in [7, 11) is 1.41. The number of esters is 1. The molecule has 0 saturated carbocycles. The minimum atomic E-state index is -0.326. The molecule has 0 spiro atoms. The fourth-order valence-corrected chi connectivity index (χ4v) is 5.53. The molecule has 0 atom stereocenters. The highest BCUT2D eigenvalue weighted by atomic mass is 35.5. The molecule has 4 rings (SSSR count). The second-order valence-corrected chi connectivity index (χ2v) is 9.41. The Balaban J connectivity index is 1.51. The Kier molecular flexibility index (Phi) is 6.31. The van der Waals surface area contributed by atoms with Crippen molar-refractivity contribution in [2.24, 2.45) is 0 Å². The predicted molar refractivity (Wildman–Crippen MR) is 130 cm³/mol. The normalized spacial score (nSPS) is 12.5. The molecule has 2 heterocycles. The molecule has 3 aromatic rings. The van der Waals surface area contributed by atoms with Gasteiger partial charge in [-0.3, -0.25) is 4.68 Å². The van der Waals surface area contributed by atoms with E-state index in [2.05, 4.69) is 15.7 Å². The van der Waals surface area contributed by atoms with E-state index in [1.807, 2.05) is 42.8 Å². The molecular formula is C22H23ClN4O2S2. The van der Waals surface area contributed by atoms with Gasteiger partial charge in [0.05, 0.1) is 36.3 Å². The Hall–Kier alpha value is -2.42. The number of rotatable bonds is 5. The summed E-state index contributed by atoms with van der Waals surface area (Å²) in [5.41, 5.74) is 5.48. The topological polar surface area (TPSA) is 68.2 Å². The number of thiocarbonyl (C=S) groups is 1. The fraction of sp³-hybridized carbons (Fsp3) is 0.318. The third-order valence-corrected chi connectivity index (χ3v) is 7.07. The van der Waals surface area contributed by atoms with Crippen LogP contribution in [0.4, 0.5) is 10.7 Å². The molecule has 0 saturated heterocycles. The molecule has 1 aromatic carbocycles. The predicted octanol–water partition coefficient (Wildman–Crippen LogP) is 5.35. The summed E-state index contributed by atoms with van der Waals surface area (Å²) in [5.74, 6) is -0.326. The number of nitrogens with zero attached hydrogens (tertiary/aromatic N) is 2. The Morgan fingerprint density at radius 3 is 2.71 bits per heavy atom. The monoisotopic (exact) mass is 474 g/mol. The van der Waals surface area contributed by atoms with Gasteiger partial charge in [0.15, 0.2) is 5.11 Å². The summed E-state index contributed by atoms with van der Waals surface area (Å²) in [4.78, 5) is 13.6. The van der Waals surface area contributed by atoms with Crippen molar-refractivity contribution in [3.8, 4) is 0 Å². The SMILES string of the molecule is COC(=O)c1c(NC(=S)Nc2c(C)nn(Cc3ccc(Cl)cc3)c2C)sc2c1CCC2. The number of hydrogen-bond acceptors (Lipinski definition) is 5. The molecule has 0 bridgehead atoms. The largest absolute Gasteiger partial charge is 0.465 e. The van der Waals surface area contributed by atoms with E-state index in [1.165, 1.54) is 12.0 Å².